The van der Waals surface area contributed by atoms with Crippen molar-refractivity contribution in [3.63, 3.8) is 0 Å². The summed E-state index contributed by atoms with van der Waals surface area (Å²) in [5.74, 6) is 2.25. The molecule has 0 fully saturated rings. The van der Waals surface area contributed by atoms with Crippen molar-refractivity contribution in [2.45, 2.75) is 26.7 Å². The molecule has 0 aliphatic heterocycles. The second kappa shape index (κ2) is 8.26. The van der Waals surface area contributed by atoms with Crippen LogP contribution in [0.2, 0.25) is 5.02 Å². The molecule has 1 unspecified atom stereocenters. The van der Waals surface area contributed by atoms with Crippen molar-refractivity contribution in [2.24, 2.45) is 11.8 Å². The molecular weight excluding hydrogens is 282 g/mol. The predicted molar refractivity (Wildman–Crippen MR) is 88.8 cm³/mol. The lowest BCUT2D eigenvalue weighted by Gasteiger charge is -2.18. The maximum atomic E-state index is 5.95. The predicted octanol–water partition coefficient (Wildman–Crippen LogP) is 4.58. The SMILES string of the molecule is CC(C)CNCC(Cc1ccc(Cl)cc1)Cc1ccco1. The number of halogens is 1. The lowest BCUT2D eigenvalue weighted by Crippen LogP contribution is -2.28. The van der Waals surface area contributed by atoms with E-state index in [1.54, 1.807) is 6.26 Å². The van der Waals surface area contributed by atoms with E-state index in [-0.39, 0.29) is 0 Å². The summed E-state index contributed by atoms with van der Waals surface area (Å²) < 4.78 is 5.50. The molecule has 0 amide bonds. The van der Waals surface area contributed by atoms with E-state index in [9.17, 15) is 0 Å². The van der Waals surface area contributed by atoms with Gasteiger partial charge in [0.1, 0.15) is 5.76 Å². The van der Waals surface area contributed by atoms with E-state index in [0.29, 0.717) is 11.8 Å². The first-order valence-electron chi connectivity index (χ1n) is 7.61. The summed E-state index contributed by atoms with van der Waals surface area (Å²) in [5.41, 5.74) is 1.32. The molecule has 1 aromatic carbocycles. The van der Waals surface area contributed by atoms with E-state index in [2.05, 4.69) is 37.4 Å². The number of rotatable bonds is 8. The van der Waals surface area contributed by atoms with Gasteiger partial charge in [-0.2, -0.15) is 0 Å². The van der Waals surface area contributed by atoms with Crippen LogP contribution in [0.4, 0.5) is 0 Å². The van der Waals surface area contributed by atoms with Gasteiger partial charge in [0.25, 0.3) is 0 Å². The van der Waals surface area contributed by atoms with Gasteiger partial charge >= 0.3 is 0 Å². The van der Waals surface area contributed by atoms with Gasteiger partial charge in [-0.25, -0.2) is 0 Å². The maximum Gasteiger partial charge on any atom is 0.104 e. The van der Waals surface area contributed by atoms with E-state index in [1.807, 2.05) is 18.2 Å². The molecule has 1 heterocycles. The van der Waals surface area contributed by atoms with E-state index in [0.717, 1.165) is 36.7 Å². The van der Waals surface area contributed by atoms with Crippen LogP contribution in [-0.4, -0.2) is 13.1 Å². The molecule has 2 nitrogen and oxygen atoms in total. The minimum absolute atomic E-state index is 0.524. The first-order chi connectivity index (χ1) is 10.1. The molecule has 3 heteroatoms. The Morgan fingerprint density at radius 1 is 1.05 bits per heavy atom. The van der Waals surface area contributed by atoms with E-state index < -0.39 is 0 Å². The van der Waals surface area contributed by atoms with E-state index in [4.69, 9.17) is 16.0 Å². The summed E-state index contributed by atoms with van der Waals surface area (Å²) in [4.78, 5) is 0. The first kappa shape index (κ1) is 16.1. The third-order valence-corrected chi connectivity index (χ3v) is 3.75. The molecule has 0 spiro atoms. The highest BCUT2D eigenvalue weighted by atomic mass is 35.5. The molecule has 0 aliphatic carbocycles. The molecule has 1 aromatic heterocycles. The fraction of sp³-hybridized carbons (Fsp3) is 0.444. The Morgan fingerprint density at radius 2 is 1.81 bits per heavy atom. The Bertz CT molecular complexity index is 505. The van der Waals surface area contributed by atoms with Crippen LogP contribution in [0.25, 0.3) is 0 Å². The fourth-order valence-corrected chi connectivity index (χ4v) is 2.59. The Labute approximate surface area is 132 Å². The average Bonchev–Trinajstić information content (AvgIpc) is 2.94. The Morgan fingerprint density at radius 3 is 2.43 bits per heavy atom. The quantitative estimate of drug-likeness (QED) is 0.772. The number of hydrogen-bond donors (Lipinski definition) is 1. The highest BCUT2D eigenvalue weighted by Crippen LogP contribution is 2.17. The van der Waals surface area contributed by atoms with Crippen molar-refractivity contribution in [3.8, 4) is 0 Å². The van der Waals surface area contributed by atoms with Crippen molar-refractivity contribution in [1.82, 2.24) is 5.32 Å². The number of nitrogens with one attached hydrogen (secondary N) is 1. The lowest BCUT2D eigenvalue weighted by atomic mass is 9.95. The van der Waals surface area contributed by atoms with Crippen LogP contribution in [0.15, 0.2) is 47.1 Å². The Kier molecular flexibility index (Phi) is 6.34. The third-order valence-electron chi connectivity index (χ3n) is 3.49. The molecule has 114 valence electrons. The molecule has 1 atom stereocenters. The minimum Gasteiger partial charge on any atom is -0.469 e. The molecule has 1 N–H and O–H groups in total. The van der Waals surface area contributed by atoms with Gasteiger partial charge in [-0.3, -0.25) is 0 Å². The Hall–Kier alpha value is -1.25. The van der Waals surface area contributed by atoms with Crippen LogP contribution in [-0.2, 0) is 12.8 Å². The number of benzene rings is 1. The van der Waals surface area contributed by atoms with Crippen molar-refractivity contribution < 1.29 is 4.42 Å². The van der Waals surface area contributed by atoms with Crippen LogP contribution in [0, 0.1) is 11.8 Å². The van der Waals surface area contributed by atoms with Crippen LogP contribution in [0.1, 0.15) is 25.2 Å². The summed E-state index contributed by atoms with van der Waals surface area (Å²) in [6, 6.07) is 12.2. The zero-order valence-corrected chi connectivity index (χ0v) is 13.6. The van der Waals surface area contributed by atoms with Crippen molar-refractivity contribution >= 4 is 11.6 Å². The van der Waals surface area contributed by atoms with Gasteiger partial charge in [-0.1, -0.05) is 37.6 Å². The number of hydrogen-bond acceptors (Lipinski definition) is 2. The van der Waals surface area contributed by atoms with Crippen molar-refractivity contribution in [1.29, 1.82) is 0 Å². The lowest BCUT2D eigenvalue weighted by molar-refractivity contribution is 0.404. The van der Waals surface area contributed by atoms with Crippen LogP contribution in [0.5, 0.6) is 0 Å². The molecule has 0 saturated carbocycles. The topological polar surface area (TPSA) is 25.2 Å². The molecule has 2 rings (SSSR count). The van der Waals surface area contributed by atoms with Crippen LogP contribution in [0.3, 0.4) is 0 Å². The van der Waals surface area contributed by atoms with E-state index in [1.165, 1.54) is 5.56 Å². The normalized spacial score (nSPS) is 12.8. The highest BCUT2D eigenvalue weighted by Gasteiger charge is 2.12. The Balaban J connectivity index is 1.95. The fourth-order valence-electron chi connectivity index (χ4n) is 2.46. The van der Waals surface area contributed by atoms with Gasteiger partial charge < -0.3 is 9.73 Å². The standard InChI is InChI=1S/C18H24ClNO/c1-14(2)12-20-13-16(11-18-4-3-9-21-18)10-15-5-7-17(19)8-6-15/h3-9,14,16,20H,10-13H2,1-2H3. The molecule has 21 heavy (non-hydrogen) atoms. The average molecular weight is 306 g/mol. The van der Waals surface area contributed by atoms with Gasteiger partial charge in [-0.05, 0) is 61.2 Å². The largest absolute Gasteiger partial charge is 0.469 e. The molecule has 2 aromatic rings. The van der Waals surface area contributed by atoms with Gasteiger partial charge in [0, 0.05) is 11.4 Å². The molecular formula is C18H24ClNO. The van der Waals surface area contributed by atoms with Crippen LogP contribution >= 0.6 is 11.6 Å². The monoisotopic (exact) mass is 305 g/mol. The molecule has 0 bridgehead atoms. The smallest absolute Gasteiger partial charge is 0.104 e. The van der Waals surface area contributed by atoms with Gasteiger partial charge in [0.2, 0.25) is 0 Å². The summed E-state index contributed by atoms with van der Waals surface area (Å²) in [6.45, 7) is 6.51. The molecule has 0 aliphatic rings. The summed E-state index contributed by atoms with van der Waals surface area (Å²) in [7, 11) is 0. The summed E-state index contributed by atoms with van der Waals surface area (Å²) in [6.07, 6.45) is 3.74. The second-order valence-corrected chi connectivity index (χ2v) is 6.47. The first-order valence-corrected chi connectivity index (χ1v) is 7.99. The highest BCUT2D eigenvalue weighted by molar-refractivity contribution is 6.30. The molecule has 0 saturated heterocycles. The number of furan rings is 1. The third kappa shape index (κ3) is 5.94. The van der Waals surface area contributed by atoms with Crippen LogP contribution < -0.4 is 5.32 Å². The maximum absolute atomic E-state index is 5.95. The van der Waals surface area contributed by atoms with E-state index >= 15 is 0 Å². The van der Waals surface area contributed by atoms with Gasteiger partial charge in [0.05, 0.1) is 6.26 Å². The molecule has 0 radical (unpaired) electrons. The second-order valence-electron chi connectivity index (χ2n) is 6.03. The minimum atomic E-state index is 0.524. The van der Waals surface area contributed by atoms with Gasteiger partial charge in [-0.15, -0.1) is 0 Å². The summed E-state index contributed by atoms with van der Waals surface area (Å²) >= 11 is 5.95. The van der Waals surface area contributed by atoms with Gasteiger partial charge in [0.15, 0.2) is 0 Å². The zero-order chi connectivity index (χ0) is 15.1. The zero-order valence-electron chi connectivity index (χ0n) is 12.8. The summed E-state index contributed by atoms with van der Waals surface area (Å²) in [5, 5.41) is 4.35. The van der Waals surface area contributed by atoms with Crippen molar-refractivity contribution in [2.75, 3.05) is 13.1 Å². The van der Waals surface area contributed by atoms with Crippen molar-refractivity contribution in [3.05, 3.63) is 59.0 Å².